The maximum Gasteiger partial charge on any atom is 0.347 e. The molecule has 0 aromatic heterocycles. The van der Waals surface area contributed by atoms with Gasteiger partial charge in [0.2, 0.25) is 0 Å². The van der Waals surface area contributed by atoms with Crippen molar-refractivity contribution in [3.8, 4) is 5.75 Å². The number of hydrogen-bond acceptors (Lipinski definition) is 4. The zero-order valence-corrected chi connectivity index (χ0v) is 14.4. The Morgan fingerprint density at radius 1 is 1.00 bits per heavy atom. The first-order valence-corrected chi connectivity index (χ1v) is 7.92. The molecule has 0 unspecified atom stereocenters. The first-order valence-electron chi connectivity index (χ1n) is 7.54. The van der Waals surface area contributed by atoms with Gasteiger partial charge in [0.25, 0.3) is 5.91 Å². The van der Waals surface area contributed by atoms with Gasteiger partial charge in [0.15, 0.2) is 12.2 Å². The lowest BCUT2D eigenvalue weighted by Gasteiger charge is -2.17. The van der Waals surface area contributed by atoms with Crippen molar-refractivity contribution in [2.24, 2.45) is 0 Å². The fraction of sp³-hybridized carbons (Fsp3) is 0.222. The molecule has 2 aromatic rings. The lowest BCUT2D eigenvalue weighted by atomic mass is 10.3. The van der Waals surface area contributed by atoms with E-state index in [-0.39, 0.29) is 0 Å². The average Bonchev–Trinajstić information content (AvgIpc) is 2.58. The Kier molecular flexibility index (Phi) is 6.36. The highest BCUT2D eigenvalue weighted by Crippen LogP contribution is 2.17. The predicted molar refractivity (Wildman–Crippen MR) is 92.1 cm³/mol. The quantitative estimate of drug-likeness (QED) is 0.790. The molecule has 2 rings (SSSR count). The van der Waals surface area contributed by atoms with Crippen molar-refractivity contribution >= 4 is 29.2 Å². The van der Waals surface area contributed by atoms with E-state index in [1.54, 1.807) is 24.3 Å². The van der Waals surface area contributed by atoms with Crippen LogP contribution >= 0.6 is 11.6 Å². The van der Waals surface area contributed by atoms with Gasteiger partial charge in [-0.05, 0) is 62.4 Å². The van der Waals surface area contributed by atoms with Crippen LogP contribution in [0.2, 0.25) is 5.02 Å². The van der Waals surface area contributed by atoms with Gasteiger partial charge in [-0.3, -0.25) is 4.79 Å². The largest absolute Gasteiger partial charge is 0.479 e. The lowest BCUT2D eigenvalue weighted by Crippen LogP contribution is -2.35. The summed E-state index contributed by atoms with van der Waals surface area (Å²) >= 11 is 5.78. The molecular weight excluding hydrogens is 349 g/mol. The Balaban J connectivity index is 1.86. The van der Waals surface area contributed by atoms with E-state index in [2.05, 4.69) is 5.32 Å². The number of benzene rings is 2. The SMILES string of the molecule is C[C@H](OC(=O)[C@H](C)Oc1ccc(Cl)cc1)C(=O)Nc1ccc(F)cc1. The molecule has 0 saturated heterocycles. The lowest BCUT2D eigenvalue weighted by molar-refractivity contribution is -0.159. The number of carbonyl (C=O) groups is 2. The summed E-state index contributed by atoms with van der Waals surface area (Å²) in [4.78, 5) is 24.0. The van der Waals surface area contributed by atoms with Crippen molar-refractivity contribution in [2.45, 2.75) is 26.1 Å². The van der Waals surface area contributed by atoms with Crippen LogP contribution in [0.15, 0.2) is 48.5 Å². The van der Waals surface area contributed by atoms with Crippen LogP contribution in [-0.2, 0) is 14.3 Å². The van der Waals surface area contributed by atoms with Gasteiger partial charge in [-0.1, -0.05) is 11.6 Å². The summed E-state index contributed by atoms with van der Waals surface area (Å²) in [5, 5.41) is 3.08. The summed E-state index contributed by atoms with van der Waals surface area (Å²) in [5.74, 6) is -1.17. The summed E-state index contributed by atoms with van der Waals surface area (Å²) in [6.45, 7) is 2.95. The molecule has 2 aromatic carbocycles. The number of carbonyl (C=O) groups excluding carboxylic acids is 2. The van der Waals surface area contributed by atoms with Crippen molar-refractivity contribution in [3.63, 3.8) is 0 Å². The maximum absolute atomic E-state index is 12.8. The van der Waals surface area contributed by atoms with E-state index >= 15 is 0 Å². The summed E-state index contributed by atoms with van der Waals surface area (Å²) < 4.78 is 23.4. The van der Waals surface area contributed by atoms with Crippen molar-refractivity contribution < 1.29 is 23.5 Å². The predicted octanol–water partition coefficient (Wildman–Crippen LogP) is 3.82. The van der Waals surface area contributed by atoms with E-state index in [1.165, 1.54) is 38.1 Å². The van der Waals surface area contributed by atoms with Crippen LogP contribution in [0.25, 0.3) is 0 Å². The average molecular weight is 366 g/mol. The number of esters is 1. The number of ether oxygens (including phenoxy) is 2. The second-order valence-corrected chi connectivity index (χ2v) is 5.73. The molecule has 0 spiro atoms. The second-order valence-electron chi connectivity index (χ2n) is 5.29. The standard InChI is InChI=1S/C18H17ClFNO4/c1-11(17(22)21-15-7-5-14(20)6-8-15)25-18(23)12(2)24-16-9-3-13(19)4-10-16/h3-12H,1-2H3,(H,21,22)/t11-,12-/m0/s1. The van der Waals surface area contributed by atoms with Crippen LogP contribution in [-0.4, -0.2) is 24.1 Å². The molecule has 1 amide bonds. The highest BCUT2D eigenvalue weighted by atomic mass is 35.5. The van der Waals surface area contributed by atoms with E-state index in [9.17, 15) is 14.0 Å². The number of rotatable bonds is 6. The van der Waals surface area contributed by atoms with E-state index in [0.29, 0.717) is 16.5 Å². The Labute approximate surface area is 149 Å². The van der Waals surface area contributed by atoms with Gasteiger partial charge in [-0.2, -0.15) is 0 Å². The van der Waals surface area contributed by atoms with E-state index in [0.717, 1.165) is 0 Å². The van der Waals surface area contributed by atoms with Crippen LogP contribution in [0, 0.1) is 5.82 Å². The molecule has 5 nitrogen and oxygen atoms in total. The Morgan fingerprint density at radius 2 is 1.60 bits per heavy atom. The highest BCUT2D eigenvalue weighted by Gasteiger charge is 2.23. The third-order valence-corrected chi connectivity index (χ3v) is 3.48. The number of halogens is 2. The van der Waals surface area contributed by atoms with Gasteiger partial charge < -0.3 is 14.8 Å². The van der Waals surface area contributed by atoms with Gasteiger partial charge in [-0.25, -0.2) is 9.18 Å². The minimum atomic E-state index is -1.03. The van der Waals surface area contributed by atoms with Crippen molar-refractivity contribution in [3.05, 3.63) is 59.4 Å². The Bertz CT molecular complexity index is 734. The number of anilines is 1. The Hall–Kier alpha value is -2.60. The minimum Gasteiger partial charge on any atom is -0.479 e. The molecule has 2 atom stereocenters. The van der Waals surface area contributed by atoms with Crippen molar-refractivity contribution in [1.29, 1.82) is 0 Å². The fourth-order valence-corrected chi connectivity index (χ4v) is 1.99. The van der Waals surface area contributed by atoms with Crippen LogP contribution in [0.5, 0.6) is 5.75 Å². The van der Waals surface area contributed by atoms with E-state index in [1.807, 2.05) is 0 Å². The van der Waals surface area contributed by atoms with Crippen LogP contribution in [0.3, 0.4) is 0 Å². The van der Waals surface area contributed by atoms with Gasteiger partial charge >= 0.3 is 5.97 Å². The molecular formula is C18H17ClFNO4. The smallest absolute Gasteiger partial charge is 0.347 e. The van der Waals surface area contributed by atoms with Gasteiger partial charge in [-0.15, -0.1) is 0 Å². The van der Waals surface area contributed by atoms with Crippen molar-refractivity contribution in [1.82, 2.24) is 0 Å². The molecule has 0 bridgehead atoms. The molecule has 0 radical (unpaired) electrons. The minimum absolute atomic E-state index is 0.403. The molecule has 0 heterocycles. The van der Waals surface area contributed by atoms with Gasteiger partial charge in [0.1, 0.15) is 11.6 Å². The van der Waals surface area contributed by atoms with Crippen LogP contribution in [0.4, 0.5) is 10.1 Å². The zero-order valence-electron chi connectivity index (χ0n) is 13.7. The van der Waals surface area contributed by atoms with E-state index < -0.39 is 29.9 Å². The van der Waals surface area contributed by atoms with Crippen LogP contribution in [0.1, 0.15) is 13.8 Å². The molecule has 0 aliphatic carbocycles. The molecule has 25 heavy (non-hydrogen) atoms. The molecule has 7 heteroatoms. The maximum atomic E-state index is 12.8. The molecule has 0 aliphatic rings. The van der Waals surface area contributed by atoms with Crippen LogP contribution < -0.4 is 10.1 Å². The van der Waals surface area contributed by atoms with Gasteiger partial charge in [0.05, 0.1) is 0 Å². The van der Waals surface area contributed by atoms with Gasteiger partial charge in [0, 0.05) is 10.7 Å². The molecule has 132 valence electrons. The monoisotopic (exact) mass is 365 g/mol. The summed E-state index contributed by atoms with van der Waals surface area (Å²) in [6, 6.07) is 11.8. The first-order chi connectivity index (χ1) is 11.8. The summed E-state index contributed by atoms with van der Waals surface area (Å²) in [5.41, 5.74) is 0.403. The number of nitrogens with one attached hydrogen (secondary N) is 1. The second kappa shape index (κ2) is 8.48. The fourth-order valence-electron chi connectivity index (χ4n) is 1.87. The zero-order chi connectivity index (χ0) is 18.4. The molecule has 0 fully saturated rings. The third kappa shape index (κ3) is 5.76. The molecule has 0 aliphatic heterocycles. The normalized spacial score (nSPS) is 12.8. The molecule has 0 saturated carbocycles. The molecule has 1 N–H and O–H groups in total. The summed E-state index contributed by atoms with van der Waals surface area (Å²) in [6.07, 6.45) is -1.93. The highest BCUT2D eigenvalue weighted by molar-refractivity contribution is 6.30. The van der Waals surface area contributed by atoms with Crippen molar-refractivity contribution in [2.75, 3.05) is 5.32 Å². The Morgan fingerprint density at radius 3 is 2.20 bits per heavy atom. The first kappa shape index (κ1) is 18.7. The summed E-state index contributed by atoms with van der Waals surface area (Å²) in [7, 11) is 0. The van der Waals surface area contributed by atoms with E-state index in [4.69, 9.17) is 21.1 Å². The number of hydrogen-bond donors (Lipinski definition) is 1. The third-order valence-electron chi connectivity index (χ3n) is 3.23. The number of amides is 1. The topological polar surface area (TPSA) is 64.6 Å².